The van der Waals surface area contributed by atoms with Crippen LogP contribution in [0.4, 0.5) is 0 Å². The summed E-state index contributed by atoms with van der Waals surface area (Å²) in [6, 6.07) is 13.9. The minimum absolute atomic E-state index is 0.101. The molecule has 2 aromatic heterocycles. The number of hydrogen-bond acceptors (Lipinski definition) is 5. The minimum Gasteiger partial charge on any atom is -0.360 e. The highest BCUT2D eigenvalue weighted by atomic mass is 35.5. The van der Waals surface area contributed by atoms with Crippen molar-refractivity contribution in [2.24, 2.45) is 0 Å². The number of aromatic nitrogens is 2. The number of benzene rings is 2. The van der Waals surface area contributed by atoms with E-state index < -0.39 is 6.04 Å². The van der Waals surface area contributed by atoms with Crippen LogP contribution >= 0.6 is 11.6 Å². The van der Waals surface area contributed by atoms with Crippen LogP contribution in [0.25, 0.3) is 21.8 Å². The Hall–Kier alpha value is -3.65. The molecule has 2 amide bonds. The Balaban J connectivity index is 1.26. The zero-order chi connectivity index (χ0) is 26.4. The van der Waals surface area contributed by atoms with Crippen LogP contribution in [0.1, 0.15) is 60.7 Å². The number of fused-ring (bicyclic) bond motifs is 3. The molecule has 196 valence electrons. The van der Waals surface area contributed by atoms with E-state index in [4.69, 9.17) is 16.1 Å². The molecule has 0 radical (unpaired) electrons. The summed E-state index contributed by atoms with van der Waals surface area (Å²) in [5.74, 6) is 0.228. The van der Waals surface area contributed by atoms with Crippen molar-refractivity contribution >= 4 is 45.2 Å². The van der Waals surface area contributed by atoms with E-state index in [1.54, 1.807) is 30.0 Å². The van der Waals surface area contributed by atoms with Crippen molar-refractivity contribution in [2.75, 3.05) is 6.54 Å². The van der Waals surface area contributed by atoms with Crippen molar-refractivity contribution < 1.29 is 14.1 Å². The first-order chi connectivity index (χ1) is 18.4. The number of rotatable bonds is 4. The number of carbonyl (C=O) groups is 2. The maximum Gasteiger partial charge on any atom is 0.264 e. The fourth-order valence-electron chi connectivity index (χ4n) is 6.19. The number of likely N-dealkylation sites (tertiary alicyclic amines) is 1. The van der Waals surface area contributed by atoms with E-state index in [0.29, 0.717) is 52.0 Å². The van der Waals surface area contributed by atoms with Crippen LogP contribution < -0.4 is 10.9 Å². The Morgan fingerprint density at radius 3 is 2.66 bits per heavy atom. The second kappa shape index (κ2) is 9.91. The average molecular weight is 533 g/mol. The van der Waals surface area contributed by atoms with Gasteiger partial charge in [-0.15, -0.1) is 0 Å². The van der Waals surface area contributed by atoms with Gasteiger partial charge in [0.2, 0.25) is 5.91 Å². The Morgan fingerprint density at radius 2 is 1.84 bits per heavy atom. The molecule has 8 nitrogen and oxygen atoms in total. The molecule has 2 aromatic carbocycles. The molecular formula is C29H29ClN4O4. The molecule has 1 saturated heterocycles. The van der Waals surface area contributed by atoms with Crippen LogP contribution in [0.3, 0.4) is 0 Å². The lowest BCUT2D eigenvalue weighted by Crippen LogP contribution is -2.50. The molecular weight excluding hydrogens is 504 g/mol. The second-order valence-corrected chi connectivity index (χ2v) is 10.7. The van der Waals surface area contributed by atoms with Crippen LogP contribution in [-0.4, -0.2) is 45.1 Å². The fraction of sp³-hybridized carbons (Fsp3) is 0.379. The number of pyridine rings is 1. The second-order valence-electron chi connectivity index (χ2n) is 10.3. The maximum absolute atomic E-state index is 13.7. The van der Waals surface area contributed by atoms with Crippen molar-refractivity contribution in [1.82, 2.24) is 19.9 Å². The van der Waals surface area contributed by atoms with Gasteiger partial charge in [-0.05, 0) is 69.7 Å². The van der Waals surface area contributed by atoms with E-state index in [2.05, 4.69) is 10.5 Å². The van der Waals surface area contributed by atoms with Crippen LogP contribution in [0, 0.1) is 6.92 Å². The van der Waals surface area contributed by atoms with Gasteiger partial charge in [0.1, 0.15) is 22.7 Å². The van der Waals surface area contributed by atoms with Crippen LogP contribution in [0.15, 0.2) is 57.8 Å². The summed E-state index contributed by atoms with van der Waals surface area (Å²) < 4.78 is 7.19. The number of nitrogens with one attached hydrogen (secondary N) is 1. The van der Waals surface area contributed by atoms with E-state index in [0.717, 1.165) is 31.2 Å². The smallest absolute Gasteiger partial charge is 0.264 e. The van der Waals surface area contributed by atoms with Gasteiger partial charge in [0, 0.05) is 29.6 Å². The van der Waals surface area contributed by atoms with Crippen LogP contribution in [0.2, 0.25) is 5.02 Å². The average Bonchev–Trinajstić information content (AvgIpc) is 3.57. The summed E-state index contributed by atoms with van der Waals surface area (Å²) in [5, 5.41) is 9.01. The standard InChI is InChI=1S/C29H29ClN4O4/c1-17-24-26(32-38-17)25-21(30)12-6-13-22(25)34(29(24)37)20-11-5-10-19(16-20)31-27(35)23-14-7-15-33(23)28(36)18-8-3-2-4-9-18/h2-4,6,8-9,12-13,19-20,23H,5,7,10-11,14-16H2,1H3,(H,31,35). The largest absolute Gasteiger partial charge is 0.360 e. The number of hydrogen-bond donors (Lipinski definition) is 1. The lowest BCUT2D eigenvalue weighted by molar-refractivity contribution is -0.125. The lowest BCUT2D eigenvalue weighted by Gasteiger charge is -2.33. The van der Waals surface area contributed by atoms with Crippen molar-refractivity contribution in [3.63, 3.8) is 0 Å². The highest BCUT2D eigenvalue weighted by Crippen LogP contribution is 2.35. The normalized spacial score (nSPS) is 21.7. The SMILES string of the molecule is Cc1onc2c1c(=O)n(C1CCCC(NC(=O)C3CCCN3C(=O)c3ccccc3)C1)c1cccc(Cl)c21. The molecule has 4 aromatic rings. The molecule has 9 heteroatoms. The van der Waals surface area contributed by atoms with Crippen molar-refractivity contribution in [3.05, 3.63) is 75.2 Å². The Kier molecular flexibility index (Phi) is 6.43. The molecule has 3 atom stereocenters. The summed E-state index contributed by atoms with van der Waals surface area (Å²) >= 11 is 6.58. The number of halogens is 1. The Labute approximate surface area is 224 Å². The van der Waals surface area contributed by atoms with Crippen LogP contribution in [0.5, 0.6) is 0 Å². The topological polar surface area (TPSA) is 97.4 Å². The first kappa shape index (κ1) is 24.7. The highest BCUT2D eigenvalue weighted by Gasteiger charge is 2.36. The van der Waals surface area contributed by atoms with E-state index in [1.807, 2.05) is 34.9 Å². The van der Waals surface area contributed by atoms with Gasteiger partial charge in [-0.1, -0.05) is 41.0 Å². The number of nitrogens with zero attached hydrogens (tertiary/aromatic N) is 3. The molecule has 6 rings (SSSR count). The third-order valence-electron chi connectivity index (χ3n) is 7.98. The molecule has 0 spiro atoms. The molecule has 1 N–H and O–H groups in total. The maximum atomic E-state index is 13.7. The highest BCUT2D eigenvalue weighted by molar-refractivity contribution is 6.37. The molecule has 2 fully saturated rings. The van der Waals surface area contributed by atoms with Crippen molar-refractivity contribution in [3.8, 4) is 0 Å². The lowest BCUT2D eigenvalue weighted by atomic mass is 9.90. The van der Waals surface area contributed by atoms with Gasteiger partial charge in [0.25, 0.3) is 11.5 Å². The number of aryl methyl sites for hydroxylation is 1. The molecule has 3 unspecified atom stereocenters. The third-order valence-corrected chi connectivity index (χ3v) is 8.29. The predicted octanol–water partition coefficient (Wildman–Crippen LogP) is 5.01. The summed E-state index contributed by atoms with van der Waals surface area (Å²) in [7, 11) is 0. The summed E-state index contributed by atoms with van der Waals surface area (Å²) in [5.41, 5.74) is 1.64. The number of amides is 2. The van der Waals surface area contributed by atoms with Gasteiger partial charge < -0.3 is 19.3 Å². The van der Waals surface area contributed by atoms with Crippen molar-refractivity contribution in [1.29, 1.82) is 0 Å². The molecule has 3 heterocycles. The van der Waals surface area contributed by atoms with Gasteiger partial charge in [0.05, 0.1) is 10.5 Å². The summed E-state index contributed by atoms with van der Waals surface area (Å²) in [4.78, 5) is 41.9. The monoisotopic (exact) mass is 532 g/mol. The molecule has 1 saturated carbocycles. The van der Waals surface area contributed by atoms with E-state index in [-0.39, 0.29) is 29.5 Å². The minimum atomic E-state index is -0.485. The van der Waals surface area contributed by atoms with Gasteiger partial charge in [-0.2, -0.15) is 0 Å². The third kappa shape index (κ3) is 4.17. The number of carbonyl (C=O) groups excluding carboxylic acids is 2. The van der Waals surface area contributed by atoms with E-state index in [9.17, 15) is 14.4 Å². The molecule has 2 aliphatic rings. The Morgan fingerprint density at radius 1 is 1.03 bits per heavy atom. The fourth-order valence-corrected chi connectivity index (χ4v) is 6.45. The molecule has 1 aliphatic carbocycles. The van der Waals surface area contributed by atoms with Crippen molar-refractivity contribution in [2.45, 2.75) is 63.6 Å². The first-order valence-electron chi connectivity index (χ1n) is 13.2. The molecule has 38 heavy (non-hydrogen) atoms. The van der Waals surface area contributed by atoms with E-state index in [1.165, 1.54) is 0 Å². The molecule has 1 aliphatic heterocycles. The molecule has 0 bridgehead atoms. The van der Waals surface area contributed by atoms with Gasteiger partial charge in [-0.3, -0.25) is 14.4 Å². The summed E-state index contributed by atoms with van der Waals surface area (Å²) in [6.07, 6.45) is 4.55. The van der Waals surface area contributed by atoms with Crippen LogP contribution in [-0.2, 0) is 4.79 Å². The summed E-state index contributed by atoms with van der Waals surface area (Å²) in [6.45, 7) is 2.30. The predicted molar refractivity (Wildman–Crippen MR) is 145 cm³/mol. The van der Waals surface area contributed by atoms with Gasteiger partial charge >= 0.3 is 0 Å². The first-order valence-corrected chi connectivity index (χ1v) is 13.6. The zero-order valence-corrected chi connectivity index (χ0v) is 21.9. The van der Waals surface area contributed by atoms with E-state index >= 15 is 0 Å². The Bertz CT molecular complexity index is 1600. The zero-order valence-electron chi connectivity index (χ0n) is 21.2. The van der Waals surface area contributed by atoms with Gasteiger partial charge in [0.15, 0.2) is 0 Å². The quantitative estimate of drug-likeness (QED) is 0.398. The van der Waals surface area contributed by atoms with Gasteiger partial charge in [-0.25, -0.2) is 0 Å².